The van der Waals surface area contributed by atoms with E-state index < -0.39 is 11.6 Å². The fourth-order valence-corrected chi connectivity index (χ4v) is 3.06. The molecule has 1 aliphatic heterocycles. The molecule has 0 unspecified atom stereocenters. The number of carbonyl (C=O) groups excluding carboxylic acids is 1. The molecule has 3 rings (SSSR count). The van der Waals surface area contributed by atoms with Crippen LogP contribution in [0.2, 0.25) is 0 Å². The van der Waals surface area contributed by atoms with Crippen LogP contribution in [0.3, 0.4) is 0 Å². The number of urea groups is 1. The Balaban J connectivity index is 1.50. The van der Waals surface area contributed by atoms with Gasteiger partial charge in [-0.1, -0.05) is 30.3 Å². The minimum absolute atomic E-state index is 0.265. The Morgan fingerprint density at radius 3 is 2.42 bits per heavy atom. The van der Waals surface area contributed by atoms with Crippen LogP contribution in [-0.2, 0) is 6.42 Å². The number of benzene rings is 2. The molecule has 0 spiro atoms. The first-order valence-electron chi connectivity index (χ1n) is 8.17. The Bertz CT molecular complexity index is 698. The maximum absolute atomic E-state index is 13.2. The van der Waals surface area contributed by atoms with Crippen LogP contribution >= 0.6 is 0 Å². The number of nitrogens with zero attached hydrogens (tertiary/aromatic N) is 1. The molecule has 0 saturated carbocycles. The van der Waals surface area contributed by atoms with E-state index in [9.17, 15) is 13.6 Å². The molecule has 0 bridgehead atoms. The normalized spacial score (nSPS) is 15.3. The van der Waals surface area contributed by atoms with Gasteiger partial charge in [0.15, 0.2) is 11.6 Å². The number of hydrogen-bond acceptors (Lipinski definition) is 1. The van der Waals surface area contributed by atoms with Gasteiger partial charge in [0, 0.05) is 24.8 Å². The lowest BCUT2D eigenvalue weighted by Gasteiger charge is -2.32. The summed E-state index contributed by atoms with van der Waals surface area (Å²) in [5.41, 5.74) is 1.59. The Kier molecular flexibility index (Phi) is 5.08. The van der Waals surface area contributed by atoms with Gasteiger partial charge >= 0.3 is 6.03 Å². The first-order valence-corrected chi connectivity index (χ1v) is 8.17. The quantitative estimate of drug-likeness (QED) is 0.886. The first-order chi connectivity index (χ1) is 11.6. The Morgan fingerprint density at radius 1 is 1.04 bits per heavy atom. The maximum atomic E-state index is 13.2. The van der Waals surface area contributed by atoms with Crippen molar-refractivity contribution in [2.75, 3.05) is 18.4 Å². The Morgan fingerprint density at radius 2 is 1.75 bits per heavy atom. The molecule has 24 heavy (non-hydrogen) atoms. The molecule has 2 aromatic carbocycles. The summed E-state index contributed by atoms with van der Waals surface area (Å²) in [6.45, 7) is 1.35. The van der Waals surface area contributed by atoms with Crippen LogP contribution in [0.25, 0.3) is 0 Å². The van der Waals surface area contributed by atoms with Crippen molar-refractivity contribution >= 4 is 11.7 Å². The molecule has 126 valence electrons. The lowest BCUT2D eigenvalue weighted by Crippen LogP contribution is -2.41. The van der Waals surface area contributed by atoms with E-state index in [-0.39, 0.29) is 11.7 Å². The van der Waals surface area contributed by atoms with Crippen molar-refractivity contribution in [1.29, 1.82) is 0 Å². The van der Waals surface area contributed by atoms with Crippen LogP contribution in [-0.4, -0.2) is 24.0 Å². The van der Waals surface area contributed by atoms with Crippen LogP contribution in [0, 0.1) is 17.6 Å². The van der Waals surface area contributed by atoms with E-state index in [1.54, 1.807) is 4.90 Å². The van der Waals surface area contributed by atoms with Gasteiger partial charge < -0.3 is 10.2 Å². The topological polar surface area (TPSA) is 32.3 Å². The van der Waals surface area contributed by atoms with E-state index in [0.717, 1.165) is 31.4 Å². The molecule has 5 heteroatoms. The smallest absolute Gasteiger partial charge is 0.321 e. The van der Waals surface area contributed by atoms with Gasteiger partial charge in [-0.25, -0.2) is 13.6 Å². The van der Waals surface area contributed by atoms with Crippen molar-refractivity contribution in [3.63, 3.8) is 0 Å². The summed E-state index contributed by atoms with van der Waals surface area (Å²) in [4.78, 5) is 14.0. The van der Waals surface area contributed by atoms with E-state index in [2.05, 4.69) is 17.4 Å². The second kappa shape index (κ2) is 7.43. The van der Waals surface area contributed by atoms with Crippen molar-refractivity contribution in [3.8, 4) is 0 Å². The van der Waals surface area contributed by atoms with Crippen LogP contribution in [0.1, 0.15) is 18.4 Å². The number of hydrogen-bond donors (Lipinski definition) is 1. The SMILES string of the molecule is O=C(Nc1ccc(F)c(F)c1)N1CCC(Cc2ccccc2)CC1. The molecule has 3 nitrogen and oxygen atoms in total. The Hall–Kier alpha value is -2.43. The second-order valence-corrected chi connectivity index (χ2v) is 6.18. The van der Waals surface area contributed by atoms with Crippen molar-refractivity contribution in [1.82, 2.24) is 4.90 Å². The predicted octanol–water partition coefficient (Wildman–Crippen LogP) is 4.45. The van der Waals surface area contributed by atoms with E-state index in [0.29, 0.717) is 19.0 Å². The summed E-state index contributed by atoms with van der Waals surface area (Å²) in [6, 6.07) is 13.4. The first kappa shape index (κ1) is 16.4. The fraction of sp³-hybridized carbons (Fsp3) is 0.316. The van der Waals surface area contributed by atoms with E-state index in [1.165, 1.54) is 11.6 Å². The van der Waals surface area contributed by atoms with Crippen molar-refractivity contribution in [3.05, 3.63) is 65.7 Å². The molecule has 0 aliphatic carbocycles. The molecular formula is C19H20F2N2O. The summed E-state index contributed by atoms with van der Waals surface area (Å²) < 4.78 is 26.1. The maximum Gasteiger partial charge on any atom is 0.321 e. The minimum atomic E-state index is -0.964. The summed E-state index contributed by atoms with van der Waals surface area (Å²) in [6.07, 6.45) is 2.92. The van der Waals surface area contributed by atoms with Crippen LogP contribution < -0.4 is 5.32 Å². The van der Waals surface area contributed by atoms with Gasteiger partial charge in [0.05, 0.1) is 0 Å². The number of nitrogens with one attached hydrogen (secondary N) is 1. The van der Waals surface area contributed by atoms with Crippen LogP contribution in [0.15, 0.2) is 48.5 Å². The molecule has 0 aromatic heterocycles. The number of carbonyl (C=O) groups is 1. The summed E-state index contributed by atoms with van der Waals surface area (Å²) in [5.74, 6) is -1.32. The molecule has 1 saturated heterocycles. The van der Waals surface area contributed by atoms with Gasteiger partial charge in [0.1, 0.15) is 0 Å². The van der Waals surface area contributed by atoms with Gasteiger partial charge in [-0.3, -0.25) is 0 Å². The summed E-state index contributed by atoms with van der Waals surface area (Å²) >= 11 is 0. The third-order valence-corrected chi connectivity index (χ3v) is 4.44. The molecular weight excluding hydrogens is 310 g/mol. The van der Waals surface area contributed by atoms with E-state index >= 15 is 0 Å². The lowest BCUT2D eigenvalue weighted by molar-refractivity contribution is 0.182. The van der Waals surface area contributed by atoms with Gasteiger partial charge in [-0.15, -0.1) is 0 Å². The average molecular weight is 330 g/mol. The molecule has 2 amide bonds. The van der Waals surface area contributed by atoms with Gasteiger partial charge in [0.25, 0.3) is 0 Å². The standard InChI is InChI=1S/C19H20F2N2O/c20-17-7-6-16(13-18(17)21)22-19(24)23-10-8-15(9-11-23)12-14-4-2-1-3-5-14/h1-7,13,15H,8-12H2,(H,22,24). The van der Waals surface area contributed by atoms with Crippen molar-refractivity contribution in [2.45, 2.75) is 19.3 Å². The van der Waals surface area contributed by atoms with Crippen molar-refractivity contribution in [2.24, 2.45) is 5.92 Å². The van der Waals surface area contributed by atoms with Crippen LogP contribution in [0.5, 0.6) is 0 Å². The molecule has 0 atom stereocenters. The predicted molar refractivity (Wildman–Crippen MR) is 89.8 cm³/mol. The zero-order valence-electron chi connectivity index (χ0n) is 13.3. The van der Waals surface area contributed by atoms with E-state index in [1.807, 2.05) is 18.2 Å². The second-order valence-electron chi connectivity index (χ2n) is 6.18. The van der Waals surface area contributed by atoms with Gasteiger partial charge in [-0.2, -0.15) is 0 Å². The van der Waals surface area contributed by atoms with Gasteiger partial charge in [0.2, 0.25) is 0 Å². The van der Waals surface area contributed by atoms with Crippen molar-refractivity contribution < 1.29 is 13.6 Å². The fourth-order valence-electron chi connectivity index (χ4n) is 3.06. The highest BCUT2D eigenvalue weighted by atomic mass is 19.2. The largest absolute Gasteiger partial charge is 0.325 e. The van der Waals surface area contributed by atoms with E-state index in [4.69, 9.17) is 0 Å². The summed E-state index contributed by atoms with van der Waals surface area (Å²) in [7, 11) is 0. The zero-order valence-corrected chi connectivity index (χ0v) is 13.3. The molecule has 1 aliphatic rings. The third kappa shape index (κ3) is 4.10. The highest BCUT2D eigenvalue weighted by Crippen LogP contribution is 2.22. The summed E-state index contributed by atoms with van der Waals surface area (Å²) in [5, 5.41) is 2.62. The highest BCUT2D eigenvalue weighted by molar-refractivity contribution is 5.89. The van der Waals surface area contributed by atoms with Crippen LogP contribution in [0.4, 0.5) is 19.3 Å². The zero-order chi connectivity index (χ0) is 16.9. The molecule has 1 fully saturated rings. The molecule has 0 radical (unpaired) electrons. The lowest BCUT2D eigenvalue weighted by atomic mass is 9.90. The molecule has 1 heterocycles. The number of halogens is 2. The highest BCUT2D eigenvalue weighted by Gasteiger charge is 2.23. The minimum Gasteiger partial charge on any atom is -0.325 e. The number of rotatable bonds is 3. The Labute approximate surface area is 140 Å². The van der Waals surface area contributed by atoms with Gasteiger partial charge in [-0.05, 0) is 42.9 Å². The number of piperidine rings is 1. The molecule has 1 N–H and O–H groups in total. The third-order valence-electron chi connectivity index (χ3n) is 4.44. The molecule has 2 aromatic rings. The number of anilines is 1. The monoisotopic (exact) mass is 330 g/mol. The number of amides is 2. The number of likely N-dealkylation sites (tertiary alicyclic amines) is 1. The average Bonchev–Trinajstić information content (AvgIpc) is 2.60.